The van der Waals surface area contributed by atoms with Crippen LogP contribution in [0.5, 0.6) is 0 Å². The quantitative estimate of drug-likeness (QED) is 0.439. The summed E-state index contributed by atoms with van der Waals surface area (Å²) in [5.41, 5.74) is 1.49. The van der Waals surface area contributed by atoms with Gasteiger partial charge in [-0.3, -0.25) is 0 Å². The molecule has 1 nitrogen and oxygen atoms in total. The van der Waals surface area contributed by atoms with E-state index >= 15 is 0 Å². The molecule has 0 aliphatic carbocycles. The average molecular weight is 97.2 g/mol. The number of hydrogen-bond donors (Lipinski definition) is 0. The van der Waals surface area contributed by atoms with Crippen molar-refractivity contribution in [2.75, 3.05) is 13.6 Å². The van der Waals surface area contributed by atoms with Gasteiger partial charge in [-0.1, -0.05) is 6.08 Å². The molecule has 0 atom stereocenters. The van der Waals surface area contributed by atoms with Gasteiger partial charge < -0.3 is 4.90 Å². The van der Waals surface area contributed by atoms with Crippen LogP contribution in [0.25, 0.3) is 0 Å². The Bertz CT molecular complexity index is 94.4. The largest absolute Gasteiger partial charge is 0.378 e. The molecule has 0 radical (unpaired) electrons. The number of likely N-dealkylation sites (tertiary alicyclic amines) is 1. The van der Waals surface area contributed by atoms with Gasteiger partial charge in [0.05, 0.1) is 0 Å². The minimum absolute atomic E-state index is 1.25. The molecule has 1 saturated heterocycles. The molecule has 0 aromatic carbocycles. The van der Waals surface area contributed by atoms with Crippen molar-refractivity contribution in [3.63, 3.8) is 0 Å². The second-order valence-electron chi connectivity index (χ2n) is 1.95. The lowest BCUT2D eigenvalue weighted by Gasteiger charge is -2.32. The molecule has 40 valence electrons. The number of nitrogens with zero attached hydrogens (tertiary/aromatic N) is 1. The Labute approximate surface area is 44.6 Å². The van der Waals surface area contributed by atoms with Gasteiger partial charge in [0.1, 0.15) is 0 Å². The predicted molar refractivity (Wildman–Crippen MR) is 31.0 cm³/mol. The van der Waals surface area contributed by atoms with Crippen LogP contribution in [0, 0.1) is 0 Å². The highest BCUT2D eigenvalue weighted by Gasteiger charge is 2.12. The SMILES string of the molecule is C/C=C1\CCN1C. The molecule has 0 unspecified atom stereocenters. The normalized spacial score (nSPS) is 25.4. The fraction of sp³-hybridized carbons (Fsp3) is 0.667. The number of allylic oxidation sites excluding steroid dienone is 1. The van der Waals surface area contributed by atoms with E-state index in [1.165, 1.54) is 18.7 Å². The van der Waals surface area contributed by atoms with Crippen LogP contribution in [0.15, 0.2) is 11.8 Å². The Morgan fingerprint density at radius 3 is 2.43 bits per heavy atom. The first kappa shape index (κ1) is 4.69. The van der Waals surface area contributed by atoms with Gasteiger partial charge in [-0.2, -0.15) is 0 Å². The molecule has 0 saturated carbocycles. The first-order valence-corrected chi connectivity index (χ1v) is 2.71. The number of rotatable bonds is 0. The summed E-state index contributed by atoms with van der Waals surface area (Å²) in [5.74, 6) is 0. The summed E-state index contributed by atoms with van der Waals surface area (Å²) in [7, 11) is 2.12. The lowest BCUT2D eigenvalue weighted by Crippen LogP contribution is -2.30. The molecule has 0 aromatic heterocycles. The van der Waals surface area contributed by atoms with Gasteiger partial charge in [-0.25, -0.2) is 0 Å². The van der Waals surface area contributed by atoms with E-state index < -0.39 is 0 Å². The highest BCUT2D eigenvalue weighted by atomic mass is 15.2. The van der Waals surface area contributed by atoms with E-state index in [1.807, 2.05) is 0 Å². The van der Waals surface area contributed by atoms with Gasteiger partial charge in [0.15, 0.2) is 0 Å². The van der Waals surface area contributed by atoms with Crippen LogP contribution in [-0.4, -0.2) is 18.5 Å². The van der Waals surface area contributed by atoms with E-state index in [-0.39, 0.29) is 0 Å². The maximum atomic E-state index is 2.26. The molecule has 0 amide bonds. The zero-order valence-corrected chi connectivity index (χ0v) is 4.94. The van der Waals surface area contributed by atoms with Gasteiger partial charge in [0, 0.05) is 25.7 Å². The maximum absolute atomic E-state index is 2.26. The lowest BCUT2D eigenvalue weighted by atomic mass is 10.1. The van der Waals surface area contributed by atoms with Crippen molar-refractivity contribution in [3.8, 4) is 0 Å². The summed E-state index contributed by atoms with van der Waals surface area (Å²) >= 11 is 0. The molecule has 1 rings (SSSR count). The summed E-state index contributed by atoms with van der Waals surface area (Å²) < 4.78 is 0. The Morgan fingerprint density at radius 2 is 2.43 bits per heavy atom. The van der Waals surface area contributed by atoms with Gasteiger partial charge in [0.2, 0.25) is 0 Å². The Morgan fingerprint density at radius 1 is 1.71 bits per heavy atom. The predicted octanol–water partition coefficient (Wildman–Crippen LogP) is 1.23. The van der Waals surface area contributed by atoms with Gasteiger partial charge >= 0.3 is 0 Å². The lowest BCUT2D eigenvalue weighted by molar-refractivity contribution is 0.312. The smallest absolute Gasteiger partial charge is 0.0226 e. The first-order valence-electron chi connectivity index (χ1n) is 2.71. The zero-order chi connectivity index (χ0) is 5.28. The summed E-state index contributed by atoms with van der Waals surface area (Å²) in [5, 5.41) is 0. The van der Waals surface area contributed by atoms with Crippen molar-refractivity contribution in [1.29, 1.82) is 0 Å². The molecule has 7 heavy (non-hydrogen) atoms. The van der Waals surface area contributed by atoms with Crippen molar-refractivity contribution in [1.82, 2.24) is 4.90 Å². The van der Waals surface area contributed by atoms with E-state index in [0.29, 0.717) is 0 Å². The van der Waals surface area contributed by atoms with Crippen LogP contribution < -0.4 is 0 Å². The van der Waals surface area contributed by atoms with Crippen molar-refractivity contribution < 1.29 is 0 Å². The topological polar surface area (TPSA) is 3.24 Å². The number of hydrogen-bond acceptors (Lipinski definition) is 1. The second-order valence-corrected chi connectivity index (χ2v) is 1.95. The first-order chi connectivity index (χ1) is 3.34. The minimum Gasteiger partial charge on any atom is -0.378 e. The summed E-state index contributed by atoms with van der Waals surface area (Å²) in [6.07, 6.45) is 3.45. The Hall–Kier alpha value is -0.460. The molecule has 1 aliphatic heterocycles. The molecule has 1 heteroatoms. The van der Waals surface area contributed by atoms with Crippen LogP contribution in [-0.2, 0) is 0 Å². The summed E-state index contributed by atoms with van der Waals surface area (Å²) in [6, 6.07) is 0. The third-order valence-electron chi connectivity index (χ3n) is 1.53. The van der Waals surface area contributed by atoms with E-state index in [4.69, 9.17) is 0 Å². The molecule has 1 fully saturated rings. The van der Waals surface area contributed by atoms with Crippen molar-refractivity contribution >= 4 is 0 Å². The van der Waals surface area contributed by atoms with Crippen molar-refractivity contribution in [3.05, 3.63) is 11.8 Å². The van der Waals surface area contributed by atoms with Crippen LogP contribution in [0.1, 0.15) is 13.3 Å². The van der Waals surface area contributed by atoms with Crippen LogP contribution in [0.3, 0.4) is 0 Å². The second kappa shape index (κ2) is 1.57. The molecular formula is C6H11N. The zero-order valence-electron chi connectivity index (χ0n) is 4.94. The monoisotopic (exact) mass is 97.1 g/mol. The standard InChI is InChI=1S/C6H11N/c1-3-6-4-5-7(6)2/h3H,4-5H2,1-2H3/b6-3+. The fourth-order valence-electron chi connectivity index (χ4n) is 0.829. The highest BCUT2D eigenvalue weighted by molar-refractivity contribution is 5.06. The Balaban J connectivity index is 2.44. The van der Waals surface area contributed by atoms with E-state index in [0.717, 1.165) is 0 Å². The average Bonchev–Trinajstić information content (AvgIpc) is 1.65. The van der Waals surface area contributed by atoms with Crippen molar-refractivity contribution in [2.24, 2.45) is 0 Å². The molecule has 0 spiro atoms. The third-order valence-corrected chi connectivity index (χ3v) is 1.53. The van der Waals surface area contributed by atoms with Gasteiger partial charge in [0.25, 0.3) is 0 Å². The maximum Gasteiger partial charge on any atom is 0.0226 e. The van der Waals surface area contributed by atoms with E-state index in [1.54, 1.807) is 0 Å². The van der Waals surface area contributed by atoms with Crippen LogP contribution in [0.2, 0.25) is 0 Å². The third kappa shape index (κ3) is 0.625. The highest BCUT2D eigenvalue weighted by Crippen LogP contribution is 2.17. The van der Waals surface area contributed by atoms with Crippen LogP contribution in [0.4, 0.5) is 0 Å². The van der Waals surface area contributed by atoms with Gasteiger partial charge in [-0.15, -0.1) is 0 Å². The van der Waals surface area contributed by atoms with Gasteiger partial charge in [-0.05, 0) is 6.92 Å². The minimum atomic E-state index is 1.25. The molecule has 1 aliphatic rings. The van der Waals surface area contributed by atoms with Crippen LogP contribution >= 0.6 is 0 Å². The fourth-order valence-corrected chi connectivity index (χ4v) is 0.829. The summed E-state index contributed by atoms with van der Waals surface area (Å²) in [4.78, 5) is 2.26. The Kier molecular flexibility index (Phi) is 1.05. The summed E-state index contributed by atoms with van der Waals surface area (Å²) in [6.45, 7) is 3.34. The molecule has 0 N–H and O–H groups in total. The van der Waals surface area contributed by atoms with E-state index in [2.05, 4.69) is 24.9 Å². The van der Waals surface area contributed by atoms with Crippen molar-refractivity contribution in [2.45, 2.75) is 13.3 Å². The van der Waals surface area contributed by atoms with E-state index in [9.17, 15) is 0 Å². The molecule has 0 aromatic rings. The molecular weight excluding hydrogens is 86.1 g/mol. The molecule has 1 heterocycles. The molecule has 0 bridgehead atoms.